The molecule has 6 heteroatoms. The number of nitrogens with zero attached hydrogens (tertiary/aromatic N) is 3. The third kappa shape index (κ3) is 3.75. The topological polar surface area (TPSA) is 49.2 Å². The molecule has 3 aromatic rings. The molecular weight excluding hydrogens is 346 g/mol. The predicted molar refractivity (Wildman–Crippen MR) is 105 cm³/mol. The zero-order valence-corrected chi connectivity index (χ0v) is 15.7. The van der Waals surface area contributed by atoms with E-state index in [1.54, 1.807) is 26.0 Å². The summed E-state index contributed by atoms with van der Waals surface area (Å²) < 4.78 is 12.9. The van der Waals surface area contributed by atoms with Gasteiger partial charge in [0.2, 0.25) is 0 Å². The molecule has 0 fully saturated rings. The van der Waals surface area contributed by atoms with E-state index >= 15 is 0 Å². The molecule has 0 bridgehead atoms. The van der Waals surface area contributed by atoms with Gasteiger partial charge in [0.15, 0.2) is 11.0 Å². The van der Waals surface area contributed by atoms with Crippen LogP contribution in [0.2, 0.25) is 0 Å². The molecule has 0 radical (unpaired) electrons. The number of hydrogen-bond donors (Lipinski definition) is 0. The van der Waals surface area contributed by atoms with E-state index in [1.165, 1.54) is 0 Å². The van der Waals surface area contributed by atoms with Gasteiger partial charge < -0.3 is 9.47 Å². The number of ether oxygens (including phenoxy) is 2. The maximum absolute atomic E-state index is 5.47. The van der Waals surface area contributed by atoms with E-state index < -0.39 is 0 Å². The summed E-state index contributed by atoms with van der Waals surface area (Å²) in [7, 11) is 3.34. The lowest BCUT2D eigenvalue weighted by Crippen LogP contribution is -2.02. The second-order valence-corrected chi connectivity index (χ2v) is 6.45. The van der Waals surface area contributed by atoms with Crippen molar-refractivity contribution in [1.29, 1.82) is 0 Å². The van der Waals surface area contributed by atoms with Crippen LogP contribution < -0.4 is 9.47 Å². The summed E-state index contributed by atoms with van der Waals surface area (Å²) in [6.07, 6.45) is 1.84. The monoisotopic (exact) mass is 367 g/mol. The lowest BCUT2D eigenvalue weighted by Gasteiger charge is -2.11. The van der Waals surface area contributed by atoms with Crippen LogP contribution in [0, 0.1) is 0 Å². The number of thioether (sulfide) groups is 1. The summed E-state index contributed by atoms with van der Waals surface area (Å²) in [6.45, 7) is 4.48. The minimum atomic E-state index is 0.620. The number of rotatable bonds is 8. The van der Waals surface area contributed by atoms with Gasteiger partial charge in [-0.05, 0) is 18.2 Å². The van der Waals surface area contributed by atoms with Gasteiger partial charge in [0, 0.05) is 17.9 Å². The summed E-state index contributed by atoms with van der Waals surface area (Å²) in [5.41, 5.74) is 2.03. The molecule has 0 aliphatic carbocycles. The second kappa shape index (κ2) is 8.58. The number of methoxy groups -OCH3 is 2. The van der Waals surface area contributed by atoms with Crippen molar-refractivity contribution in [2.75, 3.05) is 14.2 Å². The molecule has 0 aliphatic heterocycles. The Morgan fingerprint density at radius 3 is 2.42 bits per heavy atom. The number of hydrogen-bond acceptors (Lipinski definition) is 5. The summed E-state index contributed by atoms with van der Waals surface area (Å²) in [4.78, 5) is 0. The fourth-order valence-electron chi connectivity index (χ4n) is 2.68. The molecule has 5 nitrogen and oxygen atoms in total. The Labute approximate surface area is 157 Å². The van der Waals surface area contributed by atoms with Gasteiger partial charge in [-0.25, -0.2) is 0 Å². The summed E-state index contributed by atoms with van der Waals surface area (Å²) in [5, 5.41) is 9.62. The van der Waals surface area contributed by atoms with E-state index in [1.807, 2.05) is 53.1 Å². The lowest BCUT2D eigenvalue weighted by molar-refractivity contribution is 0.411. The van der Waals surface area contributed by atoms with Gasteiger partial charge in [-0.2, -0.15) is 0 Å². The van der Waals surface area contributed by atoms with Crippen molar-refractivity contribution < 1.29 is 9.47 Å². The Balaban J connectivity index is 1.91. The summed E-state index contributed by atoms with van der Waals surface area (Å²) in [5.74, 6) is 3.15. The van der Waals surface area contributed by atoms with Crippen molar-refractivity contribution in [2.24, 2.45) is 0 Å². The van der Waals surface area contributed by atoms with Gasteiger partial charge in [-0.1, -0.05) is 48.2 Å². The molecule has 0 saturated heterocycles. The fourth-order valence-corrected chi connectivity index (χ4v) is 3.62. The van der Waals surface area contributed by atoms with E-state index in [-0.39, 0.29) is 0 Å². The maximum Gasteiger partial charge on any atom is 0.192 e. The van der Waals surface area contributed by atoms with Crippen LogP contribution in [-0.4, -0.2) is 29.0 Å². The van der Waals surface area contributed by atoms with Gasteiger partial charge in [0.25, 0.3) is 0 Å². The average Bonchev–Trinajstić information content (AvgIpc) is 3.09. The van der Waals surface area contributed by atoms with Crippen molar-refractivity contribution in [2.45, 2.75) is 17.5 Å². The number of allylic oxidation sites excluding steroid dienone is 1. The predicted octanol–water partition coefficient (Wildman–Crippen LogP) is 4.44. The average molecular weight is 367 g/mol. The third-order valence-electron chi connectivity index (χ3n) is 3.93. The van der Waals surface area contributed by atoms with Gasteiger partial charge in [-0.15, -0.1) is 16.8 Å². The highest BCUT2D eigenvalue weighted by atomic mass is 32.2. The van der Waals surface area contributed by atoms with Crippen LogP contribution >= 0.6 is 11.8 Å². The van der Waals surface area contributed by atoms with Crippen LogP contribution in [0.3, 0.4) is 0 Å². The summed E-state index contributed by atoms with van der Waals surface area (Å²) in [6, 6.07) is 15.8. The standard InChI is InChI=1S/C20H21N3O2S/c1-4-13-23-19(16-10-6-8-12-18(16)25-3)21-22-20(23)26-14-15-9-5-7-11-17(15)24-2/h4-12H,1,13-14H2,2-3H3. The number of para-hydroxylation sites is 2. The molecule has 3 rings (SSSR count). The Morgan fingerprint density at radius 1 is 1.00 bits per heavy atom. The SMILES string of the molecule is C=CCn1c(SCc2ccccc2OC)nnc1-c1ccccc1OC. The molecule has 0 unspecified atom stereocenters. The highest BCUT2D eigenvalue weighted by Crippen LogP contribution is 2.32. The minimum Gasteiger partial charge on any atom is -0.496 e. The first kappa shape index (κ1) is 18.1. The molecule has 0 spiro atoms. The van der Waals surface area contributed by atoms with Crippen molar-refractivity contribution in [3.8, 4) is 22.9 Å². The Kier molecular flexibility index (Phi) is 5.96. The Bertz CT molecular complexity index is 892. The third-order valence-corrected chi connectivity index (χ3v) is 4.94. The van der Waals surface area contributed by atoms with E-state index in [0.29, 0.717) is 6.54 Å². The fraction of sp³-hybridized carbons (Fsp3) is 0.200. The molecule has 1 aromatic heterocycles. The van der Waals surface area contributed by atoms with Crippen LogP contribution in [0.5, 0.6) is 11.5 Å². The molecule has 2 aromatic carbocycles. The molecule has 26 heavy (non-hydrogen) atoms. The molecule has 0 saturated carbocycles. The molecule has 1 heterocycles. The number of benzene rings is 2. The van der Waals surface area contributed by atoms with Crippen LogP contribution in [0.1, 0.15) is 5.56 Å². The first-order chi connectivity index (χ1) is 12.8. The van der Waals surface area contributed by atoms with Crippen LogP contribution in [0.4, 0.5) is 0 Å². The van der Waals surface area contributed by atoms with Crippen molar-refractivity contribution in [1.82, 2.24) is 14.8 Å². The summed E-state index contributed by atoms with van der Waals surface area (Å²) >= 11 is 1.62. The molecular formula is C20H21N3O2S. The van der Waals surface area contributed by atoms with E-state index in [9.17, 15) is 0 Å². The molecule has 134 valence electrons. The zero-order valence-electron chi connectivity index (χ0n) is 14.9. The van der Waals surface area contributed by atoms with E-state index in [4.69, 9.17) is 9.47 Å². The normalized spacial score (nSPS) is 10.5. The van der Waals surface area contributed by atoms with Gasteiger partial charge in [0.1, 0.15) is 11.5 Å². The Morgan fingerprint density at radius 2 is 1.69 bits per heavy atom. The zero-order chi connectivity index (χ0) is 18.4. The molecule has 0 N–H and O–H groups in total. The molecule has 0 amide bonds. The van der Waals surface area contributed by atoms with Crippen LogP contribution in [-0.2, 0) is 12.3 Å². The molecule has 0 aliphatic rings. The van der Waals surface area contributed by atoms with Gasteiger partial charge >= 0.3 is 0 Å². The molecule has 0 atom stereocenters. The quantitative estimate of drug-likeness (QED) is 0.435. The maximum atomic E-state index is 5.47. The van der Waals surface area contributed by atoms with Gasteiger partial charge in [0.05, 0.1) is 19.8 Å². The smallest absolute Gasteiger partial charge is 0.192 e. The van der Waals surface area contributed by atoms with Crippen LogP contribution in [0.15, 0.2) is 66.3 Å². The lowest BCUT2D eigenvalue weighted by atomic mass is 10.2. The first-order valence-electron chi connectivity index (χ1n) is 8.20. The van der Waals surface area contributed by atoms with Crippen LogP contribution in [0.25, 0.3) is 11.4 Å². The van der Waals surface area contributed by atoms with Crippen molar-refractivity contribution in [3.05, 3.63) is 66.7 Å². The largest absolute Gasteiger partial charge is 0.496 e. The van der Waals surface area contributed by atoms with E-state index in [0.717, 1.165) is 39.4 Å². The Hall–Kier alpha value is -2.73. The highest BCUT2D eigenvalue weighted by Gasteiger charge is 2.17. The first-order valence-corrected chi connectivity index (χ1v) is 9.19. The van der Waals surface area contributed by atoms with Crippen molar-refractivity contribution in [3.63, 3.8) is 0 Å². The second-order valence-electron chi connectivity index (χ2n) is 5.51. The number of aromatic nitrogens is 3. The minimum absolute atomic E-state index is 0.620. The van der Waals surface area contributed by atoms with Gasteiger partial charge in [-0.3, -0.25) is 4.57 Å². The highest BCUT2D eigenvalue weighted by molar-refractivity contribution is 7.98. The van der Waals surface area contributed by atoms with Crippen molar-refractivity contribution >= 4 is 11.8 Å². The van der Waals surface area contributed by atoms with E-state index in [2.05, 4.69) is 22.8 Å².